The van der Waals surface area contributed by atoms with Crippen molar-refractivity contribution in [1.82, 2.24) is 0 Å². The van der Waals surface area contributed by atoms with E-state index in [-0.39, 0.29) is 6.10 Å². The molecule has 0 spiro atoms. The lowest BCUT2D eigenvalue weighted by molar-refractivity contribution is 0.0798. The van der Waals surface area contributed by atoms with Crippen LogP contribution in [0.2, 0.25) is 0 Å². The van der Waals surface area contributed by atoms with Crippen molar-refractivity contribution in [3.05, 3.63) is 18.2 Å². The van der Waals surface area contributed by atoms with Crippen LogP contribution in [-0.2, 0) is 15.5 Å². The van der Waals surface area contributed by atoms with Crippen LogP contribution in [-0.4, -0.2) is 35.9 Å². The molecule has 0 N–H and O–H groups in total. The highest BCUT2D eigenvalue weighted by Gasteiger charge is 2.13. The van der Waals surface area contributed by atoms with Crippen LogP contribution < -0.4 is 9.47 Å². The summed E-state index contributed by atoms with van der Waals surface area (Å²) in [5.74, 6) is 2.05. The van der Waals surface area contributed by atoms with Crippen molar-refractivity contribution in [2.75, 3.05) is 25.6 Å². The lowest BCUT2D eigenvalue weighted by Crippen LogP contribution is -2.07. The largest absolute Gasteiger partial charge is 0.490 e. The summed E-state index contributed by atoms with van der Waals surface area (Å²) in [6.45, 7) is 5.96. The highest BCUT2D eigenvalue weighted by atomic mass is 32.2. The Kier molecular flexibility index (Phi) is 5.86. The van der Waals surface area contributed by atoms with E-state index in [1.54, 1.807) is 0 Å². The van der Waals surface area contributed by atoms with Gasteiger partial charge in [0.15, 0.2) is 11.5 Å². The van der Waals surface area contributed by atoms with Crippen LogP contribution in [0, 0.1) is 0 Å². The third-order valence-electron chi connectivity index (χ3n) is 2.91. The van der Waals surface area contributed by atoms with E-state index in [9.17, 15) is 4.21 Å². The first-order chi connectivity index (χ1) is 9.66. The van der Waals surface area contributed by atoms with Gasteiger partial charge in [-0.15, -0.1) is 0 Å². The third kappa shape index (κ3) is 4.49. The second kappa shape index (κ2) is 7.64. The quantitative estimate of drug-likeness (QED) is 0.758. The SMILES string of the molecule is CC(C)OCCCS(=O)c1ccc2c(c1)OCCCO2. The minimum Gasteiger partial charge on any atom is -0.490 e. The molecule has 0 saturated carbocycles. The van der Waals surface area contributed by atoms with E-state index in [1.165, 1.54) is 0 Å². The van der Waals surface area contributed by atoms with Crippen LogP contribution in [0.1, 0.15) is 26.7 Å². The van der Waals surface area contributed by atoms with Gasteiger partial charge < -0.3 is 14.2 Å². The molecule has 0 saturated heterocycles. The molecule has 0 aliphatic carbocycles. The van der Waals surface area contributed by atoms with Crippen molar-refractivity contribution in [3.63, 3.8) is 0 Å². The summed E-state index contributed by atoms with van der Waals surface area (Å²) in [6.07, 6.45) is 1.89. The molecular formula is C15H22O4S. The molecule has 0 aromatic heterocycles. The van der Waals surface area contributed by atoms with Gasteiger partial charge in [0, 0.05) is 29.7 Å². The highest BCUT2D eigenvalue weighted by molar-refractivity contribution is 7.85. The van der Waals surface area contributed by atoms with E-state index < -0.39 is 10.8 Å². The van der Waals surface area contributed by atoms with Crippen LogP contribution in [0.5, 0.6) is 11.5 Å². The molecule has 1 unspecified atom stereocenters. The summed E-state index contributed by atoms with van der Waals surface area (Å²) in [5, 5.41) is 0. The Morgan fingerprint density at radius 3 is 2.75 bits per heavy atom. The minimum atomic E-state index is -1.02. The summed E-state index contributed by atoms with van der Waals surface area (Å²) in [6, 6.07) is 5.53. The summed E-state index contributed by atoms with van der Waals surface area (Å²) in [4.78, 5) is 0.791. The molecule has 1 aromatic carbocycles. The predicted molar refractivity (Wildman–Crippen MR) is 79.0 cm³/mol. The first-order valence-electron chi connectivity index (χ1n) is 7.06. The third-order valence-corrected chi connectivity index (χ3v) is 4.35. The van der Waals surface area contributed by atoms with E-state index in [2.05, 4.69) is 0 Å². The summed E-state index contributed by atoms with van der Waals surface area (Å²) in [7, 11) is -1.02. The second-order valence-electron chi connectivity index (χ2n) is 4.98. The Bertz CT molecular complexity index is 459. The van der Waals surface area contributed by atoms with E-state index >= 15 is 0 Å². The average Bonchev–Trinajstić information content (AvgIpc) is 2.67. The maximum absolute atomic E-state index is 12.2. The molecular weight excluding hydrogens is 276 g/mol. The molecule has 4 nitrogen and oxygen atoms in total. The van der Waals surface area contributed by atoms with Crippen LogP contribution >= 0.6 is 0 Å². The van der Waals surface area contributed by atoms with E-state index in [0.29, 0.717) is 31.3 Å². The van der Waals surface area contributed by atoms with Crippen molar-refractivity contribution in [2.24, 2.45) is 0 Å². The van der Waals surface area contributed by atoms with E-state index in [1.807, 2.05) is 32.0 Å². The zero-order valence-electron chi connectivity index (χ0n) is 12.1. The molecule has 2 rings (SSSR count). The molecule has 0 amide bonds. The van der Waals surface area contributed by atoms with Gasteiger partial charge >= 0.3 is 0 Å². The van der Waals surface area contributed by atoms with Crippen molar-refractivity contribution >= 4 is 10.8 Å². The summed E-state index contributed by atoms with van der Waals surface area (Å²) >= 11 is 0. The van der Waals surface area contributed by atoms with Gasteiger partial charge in [0.05, 0.1) is 30.1 Å². The predicted octanol–water partition coefficient (Wildman–Crippen LogP) is 2.77. The first-order valence-corrected chi connectivity index (χ1v) is 8.38. The number of hydrogen-bond donors (Lipinski definition) is 0. The summed E-state index contributed by atoms with van der Waals surface area (Å²) < 4.78 is 28.9. The normalized spacial score (nSPS) is 15.9. The van der Waals surface area contributed by atoms with Crippen molar-refractivity contribution in [3.8, 4) is 11.5 Å². The zero-order valence-corrected chi connectivity index (χ0v) is 12.9. The molecule has 1 aromatic rings. The Morgan fingerprint density at radius 2 is 2.00 bits per heavy atom. The van der Waals surface area contributed by atoms with Crippen LogP contribution in [0.4, 0.5) is 0 Å². The molecule has 1 atom stereocenters. The fraction of sp³-hybridized carbons (Fsp3) is 0.600. The Balaban J connectivity index is 1.91. The zero-order chi connectivity index (χ0) is 14.4. The molecule has 5 heteroatoms. The van der Waals surface area contributed by atoms with Crippen LogP contribution in [0.15, 0.2) is 23.1 Å². The van der Waals surface area contributed by atoms with Gasteiger partial charge in [-0.2, -0.15) is 0 Å². The standard InChI is InChI=1S/C15H22O4S/c1-12(2)17-9-4-10-20(16)13-5-6-14-15(11-13)19-8-3-7-18-14/h5-6,11-12H,3-4,7-10H2,1-2H3. The molecule has 0 bridgehead atoms. The lowest BCUT2D eigenvalue weighted by Gasteiger charge is -2.10. The van der Waals surface area contributed by atoms with Crippen molar-refractivity contribution in [1.29, 1.82) is 0 Å². The lowest BCUT2D eigenvalue weighted by atomic mass is 10.3. The topological polar surface area (TPSA) is 44.8 Å². The van der Waals surface area contributed by atoms with E-state index in [4.69, 9.17) is 14.2 Å². The number of rotatable bonds is 6. The monoisotopic (exact) mass is 298 g/mol. The molecule has 1 aliphatic rings. The number of benzene rings is 1. The molecule has 20 heavy (non-hydrogen) atoms. The van der Waals surface area contributed by atoms with Crippen LogP contribution in [0.25, 0.3) is 0 Å². The Morgan fingerprint density at radius 1 is 1.25 bits per heavy atom. The first kappa shape index (κ1) is 15.3. The maximum Gasteiger partial charge on any atom is 0.162 e. The van der Waals surface area contributed by atoms with Gasteiger partial charge in [-0.25, -0.2) is 0 Å². The smallest absolute Gasteiger partial charge is 0.162 e. The van der Waals surface area contributed by atoms with Gasteiger partial charge in [-0.05, 0) is 32.4 Å². The number of ether oxygens (including phenoxy) is 3. The Labute approximate surface area is 122 Å². The van der Waals surface area contributed by atoms with Crippen LogP contribution in [0.3, 0.4) is 0 Å². The molecule has 0 radical (unpaired) electrons. The minimum absolute atomic E-state index is 0.224. The summed E-state index contributed by atoms with van der Waals surface area (Å²) in [5.41, 5.74) is 0. The number of hydrogen-bond acceptors (Lipinski definition) is 4. The Hall–Kier alpha value is -1.07. The fourth-order valence-electron chi connectivity index (χ4n) is 1.91. The molecule has 112 valence electrons. The van der Waals surface area contributed by atoms with Gasteiger partial charge in [0.25, 0.3) is 0 Å². The fourth-order valence-corrected chi connectivity index (χ4v) is 2.99. The van der Waals surface area contributed by atoms with Gasteiger partial charge in [-0.3, -0.25) is 4.21 Å². The van der Waals surface area contributed by atoms with Gasteiger partial charge in [0.1, 0.15) is 0 Å². The van der Waals surface area contributed by atoms with Gasteiger partial charge in [0.2, 0.25) is 0 Å². The van der Waals surface area contributed by atoms with Gasteiger partial charge in [-0.1, -0.05) is 0 Å². The average molecular weight is 298 g/mol. The second-order valence-corrected chi connectivity index (χ2v) is 6.55. The maximum atomic E-state index is 12.2. The molecule has 1 heterocycles. The van der Waals surface area contributed by atoms with Crippen molar-refractivity contribution < 1.29 is 18.4 Å². The molecule has 0 fully saturated rings. The number of fused-ring (bicyclic) bond motifs is 1. The van der Waals surface area contributed by atoms with E-state index in [0.717, 1.165) is 23.5 Å². The highest BCUT2D eigenvalue weighted by Crippen LogP contribution is 2.31. The van der Waals surface area contributed by atoms with Crippen molar-refractivity contribution in [2.45, 2.75) is 37.7 Å². The molecule has 1 aliphatic heterocycles.